The van der Waals surface area contributed by atoms with E-state index in [9.17, 15) is 9.59 Å². The average molecular weight is 474 g/mol. The van der Waals surface area contributed by atoms with Gasteiger partial charge in [0.1, 0.15) is 4.83 Å². The van der Waals surface area contributed by atoms with E-state index < -0.39 is 0 Å². The lowest BCUT2D eigenvalue weighted by Crippen LogP contribution is -2.48. The summed E-state index contributed by atoms with van der Waals surface area (Å²) in [5.74, 6) is 0.0959. The zero-order chi connectivity index (χ0) is 23.0. The Morgan fingerprint density at radius 1 is 1.16 bits per heavy atom. The maximum atomic E-state index is 12.8. The molecule has 3 aromatic rings. The molecule has 32 heavy (non-hydrogen) atoms. The van der Waals surface area contributed by atoms with Gasteiger partial charge in [0.15, 0.2) is 0 Å². The molecule has 9 heteroatoms. The van der Waals surface area contributed by atoms with E-state index >= 15 is 0 Å². The molecule has 1 aliphatic rings. The van der Waals surface area contributed by atoms with E-state index in [1.807, 2.05) is 18.7 Å². The number of thiazole rings is 1. The molecule has 1 fully saturated rings. The van der Waals surface area contributed by atoms with Crippen LogP contribution < -0.4 is 5.56 Å². The third-order valence-corrected chi connectivity index (χ3v) is 8.46. The second-order valence-corrected chi connectivity index (χ2v) is 11.6. The van der Waals surface area contributed by atoms with E-state index in [0.717, 1.165) is 45.6 Å². The van der Waals surface area contributed by atoms with Gasteiger partial charge in [-0.2, -0.15) is 0 Å². The molecule has 0 atom stereocenters. The molecule has 0 aromatic carbocycles. The summed E-state index contributed by atoms with van der Waals surface area (Å²) >= 11 is 3.27. The fraction of sp³-hybridized carbons (Fsp3) is 0.565. The number of hydrogen-bond donors (Lipinski definition) is 0. The number of nitrogens with zero attached hydrogens (tertiary/aromatic N) is 5. The van der Waals surface area contributed by atoms with Crippen molar-refractivity contribution in [2.45, 2.75) is 59.5 Å². The Balaban J connectivity index is 1.30. The molecule has 0 bridgehead atoms. The van der Waals surface area contributed by atoms with Crippen LogP contribution in [0.2, 0.25) is 0 Å². The molecule has 4 rings (SSSR count). The number of aryl methyl sites for hydroxylation is 3. The molecule has 1 aliphatic heterocycles. The Kier molecular flexibility index (Phi) is 6.51. The molecule has 1 saturated heterocycles. The molecule has 172 valence electrons. The number of rotatable bonds is 5. The zero-order valence-corrected chi connectivity index (χ0v) is 21.1. The number of carbonyl (C=O) groups is 1. The van der Waals surface area contributed by atoms with Crippen LogP contribution >= 0.6 is 22.7 Å². The van der Waals surface area contributed by atoms with Crippen LogP contribution in [0.4, 0.5) is 0 Å². The minimum atomic E-state index is -0.0487. The maximum absolute atomic E-state index is 12.8. The van der Waals surface area contributed by atoms with Crippen molar-refractivity contribution in [2.75, 3.05) is 26.2 Å². The highest BCUT2D eigenvalue weighted by atomic mass is 32.1. The highest BCUT2D eigenvalue weighted by Crippen LogP contribution is 2.26. The summed E-state index contributed by atoms with van der Waals surface area (Å²) in [5.41, 5.74) is 2.14. The number of piperazine rings is 1. The number of carbonyl (C=O) groups excluding carboxylic acids is 1. The molecule has 0 radical (unpaired) electrons. The lowest BCUT2D eigenvalue weighted by Gasteiger charge is -2.34. The van der Waals surface area contributed by atoms with Crippen LogP contribution in [0.1, 0.15) is 48.3 Å². The summed E-state index contributed by atoms with van der Waals surface area (Å²) < 4.78 is 1.57. The Hall–Kier alpha value is -2.10. The summed E-state index contributed by atoms with van der Waals surface area (Å²) in [5, 5.41) is 4.00. The minimum absolute atomic E-state index is 0.0487. The van der Waals surface area contributed by atoms with Crippen molar-refractivity contribution in [3.8, 4) is 0 Å². The lowest BCUT2D eigenvalue weighted by molar-refractivity contribution is -0.133. The molecule has 0 aliphatic carbocycles. The van der Waals surface area contributed by atoms with Crippen LogP contribution in [0.3, 0.4) is 0 Å². The van der Waals surface area contributed by atoms with Gasteiger partial charge in [-0.15, -0.1) is 22.7 Å². The lowest BCUT2D eigenvalue weighted by atomic mass is 9.98. The molecule has 3 aromatic heterocycles. The van der Waals surface area contributed by atoms with E-state index in [1.165, 1.54) is 0 Å². The fourth-order valence-corrected chi connectivity index (χ4v) is 5.80. The van der Waals surface area contributed by atoms with Gasteiger partial charge in [0.25, 0.3) is 5.56 Å². The fourth-order valence-electron chi connectivity index (χ4n) is 3.91. The highest BCUT2D eigenvalue weighted by molar-refractivity contribution is 7.18. The number of hydrogen-bond acceptors (Lipinski definition) is 7. The Bertz CT molecular complexity index is 1180. The normalized spacial score (nSPS) is 15.6. The van der Waals surface area contributed by atoms with E-state index in [0.29, 0.717) is 31.4 Å². The monoisotopic (exact) mass is 473 g/mol. The second-order valence-electron chi connectivity index (χ2n) is 9.51. The van der Waals surface area contributed by atoms with Crippen LogP contribution in [0.15, 0.2) is 16.5 Å². The van der Waals surface area contributed by atoms with Crippen LogP contribution in [-0.2, 0) is 23.3 Å². The smallest absolute Gasteiger partial charge is 0.262 e. The molecular weight excluding hydrogens is 442 g/mol. The van der Waals surface area contributed by atoms with Gasteiger partial charge in [0, 0.05) is 61.4 Å². The van der Waals surface area contributed by atoms with E-state index in [-0.39, 0.29) is 16.9 Å². The molecule has 0 saturated carbocycles. The first-order valence-corrected chi connectivity index (χ1v) is 12.7. The van der Waals surface area contributed by atoms with Crippen molar-refractivity contribution >= 4 is 38.8 Å². The van der Waals surface area contributed by atoms with Crippen molar-refractivity contribution in [1.29, 1.82) is 0 Å². The Morgan fingerprint density at radius 2 is 1.88 bits per heavy atom. The third kappa shape index (κ3) is 4.79. The molecule has 1 amide bonds. The van der Waals surface area contributed by atoms with Gasteiger partial charge in [0.05, 0.1) is 22.4 Å². The SMILES string of the molecule is Cc1sc2ncn(CCC(=O)N3CCN(Cc4csc(C(C)(C)C)n4)CC3)c(=O)c2c1C. The highest BCUT2D eigenvalue weighted by Gasteiger charge is 2.23. The minimum Gasteiger partial charge on any atom is -0.340 e. The summed E-state index contributed by atoms with van der Waals surface area (Å²) in [6.45, 7) is 14.8. The van der Waals surface area contributed by atoms with E-state index in [4.69, 9.17) is 4.98 Å². The van der Waals surface area contributed by atoms with Crippen LogP contribution in [0.5, 0.6) is 0 Å². The largest absolute Gasteiger partial charge is 0.340 e. The molecule has 0 N–H and O–H groups in total. The number of amides is 1. The average Bonchev–Trinajstić information content (AvgIpc) is 3.33. The maximum Gasteiger partial charge on any atom is 0.262 e. The Labute approximate surface area is 196 Å². The van der Waals surface area contributed by atoms with Crippen LogP contribution in [0.25, 0.3) is 10.2 Å². The zero-order valence-electron chi connectivity index (χ0n) is 19.5. The van der Waals surface area contributed by atoms with Crippen molar-refractivity contribution < 1.29 is 4.79 Å². The summed E-state index contributed by atoms with van der Waals surface area (Å²) in [7, 11) is 0. The van der Waals surface area contributed by atoms with Crippen LogP contribution in [-0.4, -0.2) is 56.4 Å². The number of aromatic nitrogens is 3. The van der Waals surface area contributed by atoms with Gasteiger partial charge in [-0.05, 0) is 19.4 Å². The topological polar surface area (TPSA) is 71.3 Å². The van der Waals surface area contributed by atoms with Crippen molar-refractivity contribution in [3.63, 3.8) is 0 Å². The summed E-state index contributed by atoms with van der Waals surface area (Å²) in [6.07, 6.45) is 1.89. The van der Waals surface area contributed by atoms with Gasteiger partial charge in [-0.3, -0.25) is 19.1 Å². The second kappa shape index (κ2) is 9.03. The predicted molar refractivity (Wildman–Crippen MR) is 131 cm³/mol. The van der Waals surface area contributed by atoms with Gasteiger partial charge < -0.3 is 4.90 Å². The first-order chi connectivity index (χ1) is 15.1. The Morgan fingerprint density at radius 3 is 2.53 bits per heavy atom. The molecule has 7 nitrogen and oxygen atoms in total. The number of fused-ring (bicyclic) bond motifs is 1. The van der Waals surface area contributed by atoms with Crippen LogP contribution in [0, 0.1) is 13.8 Å². The van der Waals surface area contributed by atoms with Crippen molar-refractivity contribution in [3.05, 3.63) is 43.2 Å². The quantitative estimate of drug-likeness (QED) is 0.567. The molecule has 0 spiro atoms. The van der Waals surface area contributed by atoms with Gasteiger partial charge in [-0.25, -0.2) is 9.97 Å². The standard InChI is InChI=1S/C23H31N5O2S2/c1-15-16(2)32-20-19(15)21(30)28(14-24-20)7-6-18(29)27-10-8-26(9-11-27)12-17-13-31-22(25-17)23(3,4)5/h13-14H,6-12H2,1-5H3. The molecule has 0 unspecified atom stereocenters. The first kappa shape index (κ1) is 23.1. The van der Waals surface area contributed by atoms with Gasteiger partial charge >= 0.3 is 0 Å². The summed E-state index contributed by atoms with van der Waals surface area (Å²) in [6, 6.07) is 0. The van der Waals surface area contributed by atoms with E-state index in [2.05, 4.69) is 36.0 Å². The third-order valence-electron chi connectivity index (χ3n) is 6.03. The van der Waals surface area contributed by atoms with Crippen molar-refractivity contribution in [1.82, 2.24) is 24.3 Å². The number of thiophene rings is 1. The predicted octanol–water partition coefficient (Wildman–Crippen LogP) is 3.56. The van der Waals surface area contributed by atoms with Gasteiger partial charge in [-0.1, -0.05) is 20.8 Å². The van der Waals surface area contributed by atoms with Crippen molar-refractivity contribution in [2.24, 2.45) is 0 Å². The summed E-state index contributed by atoms with van der Waals surface area (Å²) in [4.78, 5) is 41.0. The van der Waals surface area contributed by atoms with E-state index in [1.54, 1.807) is 33.6 Å². The first-order valence-electron chi connectivity index (χ1n) is 11.0. The molecule has 4 heterocycles. The molecular formula is C23H31N5O2S2. The van der Waals surface area contributed by atoms with Gasteiger partial charge in [0.2, 0.25) is 5.91 Å².